The number of H-pyrrole nitrogens is 1. The second-order valence-electron chi connectivity index (χ2n) is 9.57. The van der Waals surface area contributed by atoms with Crippen LogP contribution in [0.3, 0.4) is 0 Å². The van der Waals surface area contributed by atoms with Crippen LogP contribution in [0.4, 0.5) is 0 Å². The van der Waals surface area contributed by atoms with Crippen molar-refractivity contribution in [2.24, 2.45) is 0 Å². The highest BCUT2D eigenvalue weighted by atomic mass is 16.6. The van der Waals surface area contributed by atoms with Crippen molar-refractivity contribution in [1.29, 1.82) is 0 Å². The number of hydrogen-bond acceptors (Lipinski definition) is 8. The van der Waals surface area contributed by atoms with Gasteiger partial charge in [0.15, 0.2) is 17.3 Å². The van der Waals surface area contributed by atoms with Crippen molar-refractivity contribution >= 4 is 10.9 Å². The Morgan fingerprint density at radius 1 is 1.03 bits per heavy atom. The Morgan fingerprint density at radius 2 is 1.86 bits per heavy atom. The standard InChI is InChI=1S/C27H30N6O4/c34-27-21(13-20-14-24-25(15-23(20)28-27)37-12-11-36-24)16-32(9-8-19-5-2-1-3-6-19)18-26-29-30-31-33(26)17-22-7-4-10-35-22/h1-3,5-6,13-15,22H,4,7-12,16-18H2,(H,28,34). The Kier molecular flexibility index (Phi) is 6.83. The summed E-state index contributed by atoms with van der Waals surface area (Å²) in [7, 11) is 0. The molecule has 0 amide bonds. The van der Waals surface area contributed by atoms with Crippen LogP contribution in [0.5, 0.6) is 11.5 Å². The van der Waals surface area contributed by atoms with E-state index in [0.29, 0.717) is 49.9 Å². The molecule has 37 heavy (non-hydrogen) atoms. The molecular formula is C27H30N6O4. The van der Waals surface area contributed by atoms with Gasteiger partial charge in [-0.15, -0.1) is 5.10 Å². The van der Waals surface area contributed by atoms with Crippen molar-refractivity contribution in [3.63, 3.8) is 0 Å². The highest BCUT2D eigenvalue weighted by molar-refractivity contribution is 5.83. The first-order chi connectivity index (χ1) is 18.2. The summed E-state index contributed by atoms with van der Waals surface area (Å²) < 4.78 is 19.0. The molecule has 1 fully saturated rings. The summed E-state index contributed by atoms with van der Waals surface area (Å²) in [6.45, 7) is 4.17. The van der Waals surface area contributed by atoms with Crippen molar-refractivity contribution in [2.45, 2.75) is 45.0 Å². The lowest BCUT2D eigenvalue weighted by molar-refractivity contribution is 0.0916. The molecule has 4 aromatic rings. The molecule has 0 saturated carbocycles. The Labute approximate surface area is 214 Å². The molecule has 2 aromatic carbocycles. The van der Waals surface area contributed by atoms with Crippen molar-refractivity contribution < 1.29 is 14.2 Å². The largest absolute Gasteiger partial charge is 0.486 e. The zero-order valence-corrected chi connectivity index (χ0v) is 20.6. The van der Waals surface area contributed by atoms with E-state index < -0.39 is 0 Å². The predicted octanol–water partition coefficient (Wildman–Crippen LogP) is 2.71. The van der Waals surface area contributed by atoms with Crippen molar-refractivity contribution in [3.8, 4) is 11.5 Å². The lowest BCUT2D eigenvalue weighted by atomic mass is 10.1. The highest BCUT2D eigenvalue weighted by Gasteiger charge is 2.21. The fraction of sp³-hybridized carbons (Fsp3) is 0.407. The van der Waals surface area contributed by atoms with Gasteiger partial charge in [-0.3, -0.25) is 9.69 Å². The molecule has 2 aliphatic heterocycles. The minimum absolute atomic E-state index is 0.118. The molecule has 4 heterocycles. The number of nitrogens with zero attached hydrogens (tertiary/aromatic N) is 5. The third-order valence-corrected chi connectivity index (χ3v) is 6.91. The van der Waals surface area contributed by atoms with Gasteiger partial charge in [-0.2, -0.15) is 0 Å². The fourth-order valence-corrected chi connectivity index (χ4v) is 4.95. The number of ether oxygens (including phenoxy) is 3. The maximum absolute atomic E-state index is 13.1. The van der Waals surface area contributed by atoms with E-state index in [1.165, 1.54) is 5.56 Å². The van der Waals surface area contributed by atoms with Crippen molar-refractivity contribution in [3.05, 3.63) is 75.8 Å². The minimum Gasteiger partial charge on any atom is -0.486 e. The van der Waals surface area contributed by atoms with Crippen LogP contribution < -0.4 is 15.0 Å². The summed E-state index contributed by atoms with van der Waals surface area (Å²) in [6, 6.07) is 16.0. The fourth-order valence-electron chi connectivity index (χ4n) is 4.95. The van der Waals surface area contributed by atoms with E-state index >= 15 is 0 Å². The molecule has 0 radical (unpaired) electrons. The number of fused-ring (bicyclic) bond motifs is 2. The second-order valence-corrected chi connectivity index (χ2v) is 9.57. The Balaban J connectivity index is 1.26. The quantitative estimate of drug-likeness (QED) is 0.372. The lowest BCUT2D eigenvalue weighted by Crippen LogP contribution is -2.30. The molecule has 0 spiro atoms. The van der Waals surface area contributed by atoms with Crippen LogP contribution in [0.1, 0.15) is 29.8 Å². The first kappa shape index (κ1) is 23.6. The molecular weight excluding hydrogens is 472 g/mol. The Bertz CT molecular complexity index is 1410. The van der Waals surface area contributed by atoms with Crippen LogP contribution in [0.2, 0.25) is 0 Å². The smallest absolute Gasteiger partial charge is 0.252 e. The molecule has 1 unspecified atom stereocenters. The molecule has 10 heteroatoms. The molecule has 0 aliphatic carbocycles. The van der Waals surface area contributed by atoms with Crippen LogP contribution in [0.25, 0.3) is 10.9 Å². The summed E-state index contributed by atoms with van der Waals surface area (Å²) in [6.07, 6.45) is 3.07. The number of pyridine rings is 1. The van der Waals surface area contributed by atoms with Crippen molar-refractivity contribution in [1.82, 2.24) is 30.1 Å². The maximum Gasteiger partial charge on any atom is 0.252 e. The second kappa shape index (κ2) is 10.7. The van der Waals surface area contributed by atoms with Gasteiger partial charge in [-0.1, -0.05) is 30.3 Å². The summed E-state index contributed by atoms with van der Waals surface area (Å²) in [4.78, 5) is 18.3. The van der Waals surface area contributed by atoms with E-state index in [1.807, 2.05) is 41.1 Å². The molecule has 2 aliphatic rings. The Morgan fingerprint density at radius 3 is 2.68 bits per heavy atom. The monoisotopic (exact) mass is 502 g/mol. The van der Waals surface area contributed by atoms with Gasteiger partial charge in [0.1, 0.15) is 13.2 Å². The molecule has 1 N–H and O–H groups in total. The summed E-state index contributed by atoms with van der Waals surface area (Å²) in [5.41, 5.74) is 2.53. The molecule has 6 rings (SSSR count). The third-order valence-electron chi connectivity index (χ3n) is 6.91. The normalized spacial score (nSPS) is 17.1. The summed E-state index contributed by atoms with van der Waals surface area (Å²) >= 11 is 0. The van der Waals surface area contributed by atoms with E-state index in [9.17, 15) is 4.79 Å². The third kappa shape index (κ3) is 5.50. The number of rotatable bonds is 9. The lowest BCUT2D eigenvalue weighted by Gasteiger charge is -2.22. The van der Waals surface area contributed by atoms with Gasteiger partial charge >= 0.3 is 0 Å². The zero-order valence-electron chi connectivity index (χ0n) is 20.6. The topological polar surface area (TPSA) is 107 Å². The number of benzene rings is 2. The van der Waals surface area contributed by atoms with E-state index in [-0.39, 0.29) is 11.7 Å². The van der Waals surface area contributed by atoms with Crippen LogP contribution >= 0.6 is 0 Å². The SMILES string of the molecule is O=c1[nH]c2cc3c(cc2cc1CN(CCc1ccccc1)Cc1nnnn1CC1CCCO1)OCCO3. The van der Waals surface area contributed by atoms with Gasteiger partial charge < -0.3 is 19.2 Å². The highest BCUT2D eigenvalue weighted by Crippen LogP contribution is 2.33. The van der Waals surface area contributed by atoms with E-state index in [2.05, 4.69) is 37.5 Å². The van der Waals surface area contributed by atoms with Gasteiger partial charge in [0.2, 0.25) is 0 Å². The molecule has 1 saturated heterocycles. The zero-order chi connectivity index (χ0) is 25.0. The van der Waals surface area contributed by atoms with Gasteiger partial charge in [-0.25, -0.2) is 4.68 Å². The van der Waals surface area contributed by atoms with E-state index in [4.69, 9.17) is 14.2 Å². The van der Waals surface area contributed by atoms with Gasteiger partial charge in [0, 0.05) is 36.7 Å². The number of tetrazole rings is 1. The van der Waals surface area contributed by atoms with Crippen LogP contribution in [0.15, 0.2) is 53.3 Å². The molecule has 10 nitrogen and oxygen atoms in total. The minimum atomic E-state index is -0.118. The average Bonchev–Trinajstić information content (AvgIpc) is 3.60. The summed E-state index contributed by atoms with van der Waals surface area (Å²) in [5.74, 6) is 2.12. The number of hydrogen-bond donors (Lipinski definition) is 1. The molecule has 0 bridgehead atoms. The number of aromatic amines is 1. The number of nitrogens with one attached hydrogen (secondary N) is 1. The molecule has 1 atom stereocenters. The molecule has 2 aromatic heterocycles. The Hall–Kier alpha value is -3.76. The first-order valence-corrected chi connectivity index (χ1v) is 12.8. The molecule has 192 valence electrons. The predicted molar refractivity (Wildman–Crippen MR) is 137 cm³/mol. The van der Waals surface area contributed by atoms with E-state index in [0.717, 1.165) is 49.1 Å². The van der Waals surface area contributed by atoms with Crippen LogP contribution in [0, 0.1) is 0 Å². The first-order valence-electron chi connectivity index (χ1n) is 12.8. The van der Waals surface area contributed by atoms with Crippen LogP contribution in [-0.2, 0) is 30.8 Å². The average molecular weight is 503 g/mol. The van der Waals surface area contributed by atoms with Crippen LogP contribution in [-0.4, -0.2) is 62.6 Å². The van der Waals surface area contributed by atoms with Gasteiger partial charge in [-0.05, 0) is 47.4 Å². The number of aromatic nitrogens is 5. The summed E-state index contributed by atoms with van der Waals surface area (Å²) in [5, 5.41) is 13.4. The van der Waals surface area contributed by atoms with E-state index in [1.54, 1.807) is 0 Å². The van der Waals surface area contributed by atoms with Crippen molar-refractivity contribution in [2.75, 3.05) is 26.4 Å². The van der Waals surface area contributed by atoms with Gasteiger partial charge in [0.25, 0.3) is 5.56 Å². The maximum atomic E-state index is 13.1. The van der Waals surface area contributed by atoms with Gasteiger partial charge in [0.05, 0.1) is 24.7 Å².